The van der Waals surface area contributed by atoms with Gasteiger partial charge in [0.15, 0.2) is 5.82 Å². The predicted octanol–water partition coefficient (Wildman–Crippen LogP) is 4.30. The van der Waals surface area contributed by atoms with Gasteiger partial charge < -0.3 is 9.84 Å². The number of hydrogen-bond acceptors (Lipinski definition) is 4. The molecule has 5 nitrogen and oxygen atoms in total. The van der Waals surface area contributed by atoms with Crippen molar-refractivity contribution < 1.29 is 9.32 Å². The molecule has 1 N–H and O–H groups in total. The van der Waals surface area contributed by atoms with Crippen LogP contribution >= 0.6 is 15.9 Å². The molecular formula is C18H16BrN3O2. The molecule has 0 radical (unpaired) electrons. The van der Waals surface area contributed by atoms with Crippen molar-refractivity contribution in [3.63, 3.8) is 0 Å². The van der Waals surface area contributed by atoms with E-state index in [4.69, 9.17) is 4.52 Å². The summed E-state index contributed by atoms with van der Waals surface area (Å²) in [6, 6.07) is 14.9. The van der Waals surface area contributed by atoms with Crippen molar-refractivity contribution in [3.8, 4) is 11.5 Å². The van der Waals surface area contributed by atoms with Gasteiger partial charge in [-0.25, -0.2) is 0 Å². The van der Waals surface area contributed by atoms with E-state index in [1.54, 1.807) is 31.2 Å². The van der Waals surface area contributed by atoms with E-state index in [9.17, 15) is 4.79 Å². The molecule has 0 spiro atoms. The Bertz CT molecular complexity index is 841. The molecule has 0 saturated heterocycles. The summed E-state index contributed by atoms with van der Waals surface area (Å²) < 4.78 is 6.13. The van der Waals surface area contributed by atoms with Gasteiger partial charge in [-0.2, -0.15) is 4.98 Å². The Labute approximate surface area is 148 Å². The zero-order valence-corrected chi connectivity index (χ0v) is 14.9. The smallest absolute Gasteiger partial charge is 0.257 e. The first kappa shape index (κ1) is 16.4. The second kappa shape index (κ2) is 6.97. The van der Waals surface area contributed by atoms with Crippen LogP contribution in [0.5, 0.6) is 0 Å². The van der Waals surface area contributed by atoms with E-state index in [1.165, 1.54) is 0 Å². The van der Waals surface area contributed by atoms with Gasteiger partial charge in [-0.3, -0.25) is 4.79 Å². The van der Waals surface area contributed by atoms with Crippen LogP contribution in [-0.4, -0.2) is 16.0 Å². The third kappa shape index (κ3) is 3.71. The summed E-state index contributed by atoms with van der Waals surface area (Å²) >= 11 is 3.41. The molecule has 3 rings (SSSR count). The fourth-order valence-electron chi connectivity index (χ4n) is 2.29. The number of amides is 1. The minimum atomic E-state index is -0.126. The standard InChI is InChI=1S/C18H16BrN3O2/c1-11(13-7-9-16(19)10-8-13)20-17(23)14-3-5-15(6-4-14)18-21-12(2)22-24-18/h3-11H,1-2H3,(H,20,23). The topological polar surface area (TPSA) is 68.0 Å². The normalized spacial score (nSPS) is 12.0. The van der Waals surface area contributed by atoms with Gasteiger partial charge in [0.25, 0.3) is 11.8 Å². The minimum absolute atomic E-state index is 0.0798. The van der Waals surface area contributed by atoms with E-state index in [2.05, 4.69) is 31.4 Å². The number of hydrogen-bond donors (Lipinski definition) is 1. The van der Waals surface area contributed by atoms with Gasteiger partial charge in [0, 0.05) is 15.6 Å². The van der Waals surface area contributed by atoms with Crippen LogP contribution in [0.25, 0.3) is 11.5 Å². The maximum Gasteiger partial charge on any atom is 0.257 e. The Morgan fingerprint density at radius 2 is 1.79 bits per heavy atom. The Kier molecular flexibility index (Phi) is 4.76. The lowest BCUT2D eigenvalue weighted by atomic mass is 10.1. The number of rotatable bonds is 4. The number of aromatic nitrogens is 2. The SMILES string of the molecule is Cc1noc(-c2ccc(C(=O)NC(C)c3ccc(Br)cc3)cc2)n1. The van der Waals surface area contributed by atoms with Crippen LogP contribution in [0.15, 0.2) is 57.5 Å². The molecule has 1 amide bonds. The van der Waals surface area contributed by atoms with Gasteiger partial charge in [0.05, 0.1) is 6.04 Å². The third-order valence-electron chi connectivity index (χ3n) is 3.64. The van der Waals surface area contributed by atoms with Gasteiger partial charge in [-0.1, -0.05) is 33.2 Å². The molecule has 122 valence electrons. The number of aryl methyl sites for hydroxylation is 1. The summed E-state index contributed by atoms with van der Waals surface area (Å²) in [6.07, 6.45) is 0. The second-order valence-electron chi connectivity index (χ2n) is 5.47. The summed E-state index contributed by atoms with van der Waals surface area (Å²) in [6.45, 7) is 3.72. The lowest BCUT2D eigenvalue weighted by Gasteiger charge is -2.14. The van der Waals surface area contributed by atoms with Gasteiger partial charge in [-0.15, -0.1) is 0 Å². The Balaban J connectivity index is 1.69. The minimum Gasteiger partial charge on any atom is -0.346 e. The highest BCUT2D eigenvalue weighted by molar-refractivity contribution is 9.10. The summed E-state index contributed by atoms with van der Waals surface area (Å²) in [5.41, 5.74) is 2.41. The average Bonchev–Trinajstić information content (AvgIpc) is 3.02. The first-order chi connectivity index (χ1) is 11.5. The van der Waals surface area contributed by atoms with Crippen LogP contribution in [0, 0.1) is 6.92 Å². The van der Waals surface area contributed by atoms with Crippen LogP contribution in [0.2, 0.25) is 0 Å². The van der Waals surface area contributed by atoms with E-state index in [0.717, 1.165) is 15.6 Å². The zero-order valence-electron chi connectivity index (χ0n) is 13.3. The molecule has 0 aliphatic carbocycles. The molecule has 2 aromatic carbocycles. The fourth-order valence-corrected chi connectivity index (χ4v) is 2.56. The first-order valence-electron chi connectivity index (χ1n) is 7.50. The van der Waals surface area contributed by atoms with Gasteiger partial charge >= 0.3 is 0 Å². The lowest BCUT2D eigenvalue weighted by molar-refractivity contribution is 0.0940. The summed E-state index contributed by atoms with van der Waals surface area (Å²) in [5.74, 6) is 0.900. The molecule has 0 aliphatic heterocycles. The molecular weight excluding hydrogens is 370 g/mol. The van der Waals surface area contributed by atoms with Crippen LogP contribution in [0.4, 0.5) is 0 Å². The maximum absolute atomic E-state index is 12.4. The van der Waals surface area contributed by atoms with Crippen LogP contribution in [0.1, 0.15) is 34.7 Å². The molecule has 0 fully saturated rings. The highest BCUT2D eigenvalue weighted by Crippen LogP contribution is 2.19. The highest BCUT2D eigenvalue weighted by atomic mass is 79.9. The molecule has 6 heteroatoms. The Hall–Kier alpha value is -2.47. The van der Waals surface area contributed by atoms with E-state index in [0.29, 0.717) is 17.3 Å². The van der Waals surface area contributed by atoms with Crippen molar-refractivity contribution in [2.45, 2.75) is 19.9 Å². The van der Waals surface area contributed by atoms with Crippen molar-refractivity contribution in [3.05, 3.63) is 70.0 Å². The number of carbonyl (C=O) groups excluding carboxylic acids is 1. The molecule has 1 heterocycles. The molecule has 1 atom stereocenters. The van der Waals surface area contributed by atoms with Crippen molar-refractivity contribution in [1.29, 1.82) is 0 Å². The monoisotopic (exact) mass is 385 g/mol. The quantitative estimate of drug-likeness (QED) is 0.726. The second-order valence-corrected chi connectivity index (χ2v) is 6.39. The summed E-state index contributed by atoms with van der Waals surface area (Å²) in [5, 5.41) is 6.75. The molecule has 0 saturated carbocycles. The third-order valence-corrected chi connectivity index (χ3v) is 4.17. The van der Waals surface area contributed by atoms with E-state index >= 15 is 0 Å². The van der Waals surface area contributed by atoms with E-state index < -0.39 is 0 Å². The lowest BCUT2D eigenvalue weighted by Crippen LogP contribution is -2.26. The van der Waals surface area contributed by atoms with Crippen molar-refractivity contribution in [2.75, 3.05) is 0 Å². The fraction of sp³-hybridized carbons (Fsp3) is 0.167. The van der Waals surface area contributed by atoms with E-state index in [-0.39, 0.29) is 11.9 Å². The predicted molar refractivity (Wildman–Crippen MR) is 94.5 cm³/mol. The van der Waals surface area contributed by atoms with Crippen molar-refractivity contribution in [2.24, 2.45) is 0 Å². The highest BCUT2D eigenvalue weighted by Gasteiger charge is 2.12. The summed E-state index contributed by atoms with van der Waals surface area (Å²) in [4.78, 5) is 16.5. The van der Waals surface area contributed by atoms with Crippen LogP contribution < -0.4 is 5.32 Å². The van der Waals surface area contributed by atoms with Crippen molar-refractivity contribution >= 4 is 21.8 Å². The maximum atomic E-state index is 12.4. The average molecular weight is 386 g/mol. The molecule has 0 aliphatic rings. The van der Waals surface area contributed by atoms with Crippen molar-refractivity contribution in [1.82, 2.24) is 15.5 Å². The van der Waals surface area contributed by atoms with Gasteiger partial charge in [0.2, 0.25) is 0 Å². The largest absolute Gasteiger partial charge is 0.346 e. The first-order valence-corrected chi connectivity index (χ1v) is 8.29. The molecule has 1 aromatic heterocycles. The number of carbonyl (C=O) groups is 1. The number of nitrogens with zero attached hydrogens (tertiary/aromatic N) is 2. The Morgan fingerprint density at radius 3 is 2.38 bits per heavy atom. The molecule has 0 bridgehead atoms. The van der Waals surface area contributed by atoms with Crippen LogP contribution in [0.3, 0.4) is 0 Å². The van der Waals surface area contributed by atoms with Gasteiger partial charge in [-0.05, 0) is 55.8 Å². The molecule has 3 aromatic rings. The Morgan fingerprint density at radius 1 is 1.12 bits per heavy atom. The summed E-state index contributed by atoms with van der Waals surface area (Å²) in [7, 11) is 0. The zero-order chi connectivity index (χ0) is 17.1. The number of nitrogens with one attached hydrogen (secondary N) is 1. The van der Waals surface area contributed by atoms with Crippen LogP contribution in [-0.2, 0) is 0 Å². The number of halogens is 1. The van der Waals surface area contributed by atoms with E-state index in [1.807, 2.05) is 31.2 Å². The van der Waals surface area contributed by atoms with Gasteiger partial charge in [0.1, 0.15) is 0 Å². The number of benzene rings is 2. The molecule has 24 heavy (non-hydrogen) atoms. The molecule has 1 unspecified atom stereocenters.